The molecule has 4 rings (SSSR count). The highest BCUT2D eigenvalue weighted by Crippen LogP contribution is 2.28. The summed E-state index contributed by atoms with van der Waals surface area (Å²) in [5.41, 5.74) is 0.965. The van der Waals surface area contributed by atoms with E-state index in [2.05, 4.69) is 20.3 Å². The molecule has 0 spiro atoms. The highest BCUT2D eigenvalue weighted by Gasteiger charge is 2.33. The number of nitrogens with one attached hydrogen (secondary N) is 1. The number of piperazine rings is 1. The summed E-state index contributed by atoms with van der Waals surface area (Å²) in [6, 6.07) is 1.27. The van der Waals surface area contributed by atoms with Crippen molar-refractivity contribution < 1.29 is 28.2 Å². The van der Waals surface area contributed by atoms with Gasteiger partial charge in [-0.1, -0.05) is 11.8 Å². The minimum absolute atomic E-state index is 0.0697. The van der Waals surface area contributed by atoms with Gasteiger partial charge < -0.3 is 24.6 Å². The van der Waals surface area contributed by atoms with Crippen LogP contribution in [0.25, 0.3) is 0 Å². The first-order valence-electron chi connectivity index (χ1n) is 12.2. The minimum atomic E-state index is -0.615. The minimum Gasteiger partial charge on any atom is -0.466 e. The Hall–Kier alpha value is -3.68. The van der Waals surface area contributed by atoms with Crippen molar-refractivity contribution in [2.45, 2.75) is 31.5 Å². The molecule has 2 fully saturated rings. The van der Waals surface area contributed by atoms with Crippen molar-refractivity contribution >= 4 is 47.1 Å². The van der Waals surface area contributed by atoms with Gasteiger partial charge in [-0.15, -0.1) is 0 Å². The van der Waals surface area contributed by atoms with E-state index in [-0.39, 0.29) is 42.9 Å². The van der Waals surface area contributed by atoms with E-state index in [1.807, 2.05) is 16.1 Å². The summed E-state index contributed by atoms with van der Waals surface area (Å²) in [6.45, 7) is 5.82. The van der Waals surface area contributed by atoms with Crippen LogP contribution < -0.4 is 20.0 Å². The number of cyclic esters (lactones) is 1. The number of halogens is 1. The number of nitrogens with zero attached hydrogens (tertiary/aromatic N) is 6. The third kappa shape index (κ3) is 6.41. The van der Waals surface area contributed by atoms with E-state index in [1.54, 1.807) is 13.1 Å². The summed E-state index contributed by atoms with van der Waals surface area (Å²) in [4.78, 5) is 53.9. The molecule has 1 atom stereocenters. The van der Waals surface area contributed by atoms with Crippen LogP contribution in [-0.4, -0.2) is 91.2 Å². The van der Waals surface area contributed by atoms with E-state index in [0.717, 1.165) is 0 Å². The third-order valence-electron chi connectivity index (χ3n) is 6.09. The van der Waals surface area contributed by atoms with Crippen LogP contribution in [0.5, 0.6) is 0 Å². The molecule has 14 heteroatoms. The van der Waals surface area contributed by atoms with Crippen LogP contribution in [0.2, 0.25) is 0 Å². The fraction of sp³-hybridized carbons (Fsp3) is 0.500. The number of ether oxygens (including phenoxy) is 2. The molecule has 2 aromatic heterocycles. The van der Waals surface area contributed by atoms with Crippen molar-refractivity contribution in [3.63, 3.8) is 0 Å². The molecular formula is C24H30FN7O5S. The molecule has 0 bridgehead atoms. The lowest BCUT2D eigenvalue weighted by Gasteiger charge is -2.37. The van der Waals surface area contributed by atoms with Crippen LogP contribution >= 0.6 is 11.8 Å². The SMILES string of the molecule is CCOC(=O)Cc1cnc(SC)nc1N1CCN(c2ncc(N3C[C@H](CNC(C)=O)OC3=O)cc2F)CC1. The van der Waals surface area contributed by atoms with Crippen molar-refractivity contribution in [1.29, 1.82) is 0 Å². The third-order valence-corrected chi connectivity index (χ3v) is 6.65. The molecule has 12 nitrogen and oxygen atoms in total. The molecular weight excluding hydrogens is 517 g/mol. The van der Waals surface area contributed by atoms with Crippen molar-refractivity contribution in [1.82, 2.24) is 20.3 Å². The van der Waals surface area contributed by atoms with Gasteiger partial charge in [0.1, 0.15) is 11.9 Å². The second kappa shape index (κ2) is 12.2. The van der Waals surface area contributed by atoms with E-state index in [4.69, 9.17) is 9.47 Å². The Morgan fingerprint density at radius 3 is 2.53 bits per heavy atom. The van der Waals surface area contributed by atoms with Gasteiger partial charge in [0.2, 0.25) is 5.91 Å². The monoisotopic (exact) mass is 547 g/mol. The fourth-order valence-electron chi connectivity index (χ4n) is 4.27. The van der Waals surface area contributed by atoms with Crippen LogP contribution in [0.15, 0.2) is 23.6 Å². The fourth-order valence-corrected chi connectivity index (χ4v) is 4.61. The van der Waals surface area contributed by atoms with E-state index < -0.39 is 18.0 Å². The van der Waals surface area contributed by atoms with Crippen LogP contribution in [0, 0.1) is 5.82 Å². The number of pyridine rings is 1. The van der Waals surface area contributed by atoms with E-state index in [9.17, 15) is 14.4 Å². The largest absolute Gasteiger partial charge is 0.466 e. The maximum absolute atomic E-state index is 15.1. The van der Waals surface area contributed by atoms with E-state index in [1.165, 1.54) is 35.8 Å². The second-order valence-corrected chi connectivity index (χ2v) is 9.49. The van der Waals surface area contributed by atoms with E-state index in [0.29, 0.717) is 49.3 Å². The molecule has 204 valence electrons. The number of thioether (sulfide) groups is 1. The summed E-state index contributed by atoms with van der Waals surface area (Å²) in [5, 5.41) is 3.20. The van der Waals surface area contributed by atoms with Crippen LogP contribution in [-0.2, 0) is 25.5 Å². The number of anilines is 3. The number of carbonyl (C=O) groups is 3. The van der Waals surface area contributed by atoms with Crippen LogP contribution in [0.3, 0.4) is 0 Å². The van der Waals surface area contributed by atoms with Gasteiger partial charge in [0, 0.05) is 50.9 Å². The normalized spacial score (nSPS) is 17.4. The quantitative estimate of drug-likeness (QED) is 0.279. The second-order valence-electron chi connectivity index (χ2n) is 8.71. The van der Waals surface area contributed by atoms with Crippen LogP contribution in [0.1, 0.15) is 19.4 Å². The Labute approximate surface area is 223 Å². The summed E-state index contributed by atoms with van der Waals surface area (Å²) < 4.78 is 25.5. The van der Waals surface area contributed by atoms with Gasteiger partial charge in [-0.2, -0.15) is 0 Å². The zero-order valence-corrected chi connectivity index (χ0v) is 22.3. The summed E-state index contributed by atoms with van der Waals surface area (Å²) in [5.74, 6) is -0.264. The number of hydrogen-bond acceptors (Lipinski definition) is 11. The molecule has 2 saturated heterocycles. The highest BCUT2D eigenvalue weighted by atomic mass is 32.2. The van der Waals surface area contributed by atoms with Crippen LogP contribution in [0.4, 0.5) is 26.5 Å². The molecule has 2 amide bonds. The maximum atomic E-state index is 15.1. The van der Waals surface area contributed by atoms with Gasteiger partial charge in [0.05, 0.1) is 38.0 Å². The first-order valence-corrected chi connectivity index (χ1v) is 13.4. The summed E-state index contributed by atoms with van der Waals surface area (Å²) in [7, 11) is 0. The predicted octanol–water partition coefficient (Wildman–Crippen LogP) is 1.63. The van der Waals surface area contributed by atoms with E-state index >= 15 is 4.39 Å². The average Bonchev–Trinajstić information content (AvgIpc) is 3.28. The number of hydrogen-bond donors (Lipinski definition) is 1. The lowest BCUT2D eigenvalue weighted by Crippen LogP contribution is -2.47. The molecule has 2 aromatic rings. The number of aromatic nitrogens is 3. The van der Waals surface area contributed by atoms with Gasteiger partial charge in [0.25, 0.3) is 0 Å². The smallest absolute Gasteiger partial charge is 0.414 e. The topological polar surface area (TPSA) is 130 Å². The molecule has 2 aliphatic rings. The lowest BCUT2D eigenvalue weighted by molar-refractivity contribution is -0.142. The lowest BCUT2D eigenvalue weighted by atomic mass is 10.2. The zero-order valence-electron chi connectivity index (χ0n) is 21.5. The number of amides is 2. The Morgan fingerprint density at radius 1 is 1.18 bits per heavy atom. The highest BCUT2D eigenvalue weighted by molar-refractivity contribution is 7.98. The maximum Gasteiger partial charge on any atom is 0.414 e. The Balaban J connectivity index is 1.42. The Kier molecular flexibility index (Phi) is 8.81. The number of esters is 1. The predicted molar refractivity (Wildman–Crippen MR) is 139 cm³/mol. The average molecular weight is 548 g/mol. The van der Waals surface area contributed by atoms with Gasteiger partial charge in [-0.3, -0.25) is 14.5 Å². The zero-order chi connectivity index (χ0) is 27.2. The standard InChI is InChI=1S/C24H30FN7O5S/c1-4-36-20(34)9-16-11-28-23(38-3)29-21(16)30-5-7-31(8-6-30)22-19(25)10-17(12-27-22)32-14-18(37-24(32)35)13-26-15(2)33/h10-12,18H,4-9,13-14H2,1-3H3,(H,26,33)/t18-/m0/s1. The van der Waals surface area contributed by atoms with Crippen molar-refractivity contribution in [3.8, 4) is 0 Å². The molecule has 0 radical (unpaired) electrons. The van der Waals surface area contributed by atoms with Gasteiger partial charge in [-0.25, -0.2) is 24.1 Å². The molecule has 2 aliphatic heterocycles. The molecule has 0 aromatic carbocycles. The molecule has 0 saturated carbocycles. The first kappa shape index (κ1) is 27.4. The molecule has 1 N–H and O–H groups in total. The Morgan fingerprint density at radius 2 is 1.89 bits per heavy atom. The number of carbonyl (C=O) groups excluding carboxylic acids is 3. The Bertz CT molecular complexity index is 1190. The van der Waals surface area contributed by atoms with Crippen molar-refractivity contribution in [3.05, 3.63) is 29.8 Å². The molecule has 38 heavy (non-hydrogen) atoms. The van der Waals surface area contributed by atoms with Crippen molar-refractivity contribution in [2.75, 3.05) is 66.8 Å². The van der Waals surface area contributed by atoms with Gasteiger partial charge in [0.15, 0.2) is 16.8 Å². The first-order chi connectivity index (χ1) is 18.3. The van der Waals surface area contributed by atoms with Gasteiger partial charge in [-0.05, 0) is 13.2 Å². The summed E-state index contributed by atoms with van der Waals surface area (Å²) >= 11 is 1.41. The van der Waals surface area contributed by atoms with Gasteiger partial charge >= 0.3 is 12.1 Å². The summed E-state index contributed by atoms with van der Waals surface area (Å²) in [6.07, 6.45) is 3.91. The molecule has 0 unspecified atom stereocenters. The molecule has 4 heterocycles. The van der Waals surface area contributed by atoms with Crippen molar-refractivity contribution in [2.24, 2.45) is 0 Å². The molecule has 0 aliphatic carbocycles. The number of rotatable bonds is 9.